The Hall–Kier alpha value is -2.67. The average molecular weight is 325 g/mol. The van der Waals surface area contributed by atoms with Crippen LogP contribution in [0.3, 0.4) is 0 Å². The molecule has 0 heterocycles. The van der Waals surface area contributed by atoms with E-state index in [1.165, 1.54) is 0 Å². The molecule has 2 rings (SSSR count). The van der Waals surface area contributed by atoms with Crippen molar-refractivity contribution in [3.8, 4) is 5.75 Å². The number of benzene rings is 2. The first-order valence-electron chi connectivity index (χ1n) is 6.08. The predicted octanol–water partition coefficient (Wildman–Crippen LogP) is 3.40. The summed E-state index contributed by atoms with van der Waals surface area (Å²) in [5, 5.41) is 13.6. The first kappa shape index (κ1) is 15.7. The number of anilines is 1. The molecule has 0 spiro atoms. The van der Waals surface area contributed by atoms with Crippen molar-refractivity contribution in [2.24, 2.45) is 0 Å². The first-order chi connectivity index (χ1) is 10.5. The van der Waals surface area contributed by atoms with Gasteiger partial charge in [0.25, 0.3) is 5.91 Å². The summed E-state index contributed by atoms with van der Waals surface area (Å²) in [6, 6.07) is 9.32. The molecule has 22 heavy (non-hydrogen) atoms. The van der Waals surface area contributed by atoms with Gasteiger partial charge in [-0.15, -0.1) is 0 Å². The number of carbonyl (C=O) groups is 1. The molecule has 1 N–H and O–H groups in total. The second kappa shape index (κ2) is 6.86. The number of hydrogen-bond acceptors (Lipinski definition) is 4. The zero-order chi connectivity index (χ0) is 16.1. The summed E-state index contributed by atoms with van der Waals surface area (Å²) in [7, 11) is 0. The fourth-order valence-electron chi connectivity index (χ4n) is 1.65. The topological polar surface area (TPSA) is 81.5 Å². The Bertz CT molecular complexity index is 724. The van der Waals surface area contributed by atoms with E-state index in [1.54, 1.807) is 24.3 Å². The van der Waals surface area contributed by atoms with Gasteiger partial charge in [-0.1, -0.05) is 23.7 Å². The van der Waals surface area contributed by atoms with Gasteiger partial charge < -0.3 is 10.1 Å². The van der Waals surface area contributed by atoms with Gasteiger partial charge in [-0.05, 0) is 18.2 Å². The summed E-state index contributed by atoms with van der Waals surface area (Å²) in [4.78, 5) is 21.8. The van der Waals surface area contributed by atoms with Crippen molar-refractivity contribution in [1.29, 1.82) is 0 Å². The quantitative estimate of drug-likeness (QED) is 0.675. The maximum Gasteiger partial charge on any atom is 0.311 e. The predicted molar refractivity (Wildman–Crippen MR) is 78.6 cm³/mol. The van der Waals surface area contributed by atoms with Gasteiger partial charge >= 0.3 is 5.69 Å². The highest BCUT2D eigenvalue weighted by Crippen LogP contribution is 2.27. The Morgan fingerprint density at radius 3 is 2.73 bits per heavy atom. The van der Waals surface area contributed by atoms with E-state index in [-0.39, 0.29) is 5.75 Å². The van der Waals surface area contributed by atoms with Crippen molar-refractivity contribution in [3.05, 3.63) is 63.4 Å². The monoisotopic (exact) mass is 324 g/mol. The van der Waals surface area contributed by atoms with Crippen LogP contribution in [-0.2, 0) is 4.79 Å². The molecule has 6 nitrogen and oxygen atoms in total. The maximum absolute atomic E-state index is 13.1. The van der Waals surface area contributed by atoms with Crippen LogP contribution in [0.2, 0.25) is 5.02 Å². The maximum atomic E-state index is 13.1. The van der Waals surface area contributed by atoms with Gasteiger partial charge in [-0.3, -0.25) is 14.9 Å². The summed E-state index contributed by atoms with van der Waals surface area (Å²) in [5.74, 6) is -1.60. The highest BCUT2D eigenvalue weighted by atomic mass is 35.5. The lowest BCUT2D eigenvalue weighted by Gasteiger charge is -2.09. The van der Waals surface area contributed by atoms with Crippen LogP contribution in [0.15, 0.2) is 42.5 Å². The SMILES string of the molecule is O=C(COc1cc(F)ccc1[N+](=O)[O-])Nc1ccccc1Cl. The minimum atomic E-state index is -0.721. The van der Waals surface area contributed by atoms with Crippen molar-refractivity contribution in [2.45, 2.75) is 0 Å². The Morgan fingerprint density at radius 1 is 1.32 bits per heavy atom. The van der Waals surface area contributed by atoms with Gasteiger partial charge in [-0.25, -0.2) is 4.39 Å². The number of nitrogens with zero attached hydrogens (tertiary/aromatic N) is 1. The zero-order valence-electron chi connectivity index (χ0n) is 11.1. The number of halogens is 2. The number of nitro benzene ring substituents is 1. The first-order valence-corrected chi connectivity index (χ1v) is 6.46. The third kappa shape index (κ3) is 3.92. The largest absolute Gasteiger partial charge is 0.477 e. The van der Waals surface area contributed by atoms with Crippen molar-refractivity contribution in [3.63, 3.8) is 0 Å². The molecule has 114 valence electrons. The zero-order valence-corrected chi connectivity index (χ0v) is 11.8. The second-order valence-corrected chi connectivity index (χ2v) is 4.59. The van der Waals surface area contributed by atoms with Crippen LogP contribution < -0.4 is 10.1 Å². The Balaban J connectivity index is 2.04. The van der Waals surface area contributed by atoms with Crippen molar-refractivity contribution < 1.29 is 18.8 Å². The van der Waals surface area contributed by atoms with E-state index < -0.39 is 28.9 Å². The molecule has 0 unspecified atom stereocenters. The van der Waals surface area contributed by atoms with E-state index in [4.69, 9.17) is 16.3 Å². The van der Waals surface area contributed by atoms with Gasteiger partial charge in [0.15, 0.2) is 6.61 Å². The van der Waals surface area contributed by atoms with Crippen molar-refractivity contribution in [2.75, 3.05) is 11.9 Å². The van der Waals surface area contributed by atoms with Gasteiger partial charge in [0.05, 0.1) is 15.6 Å². The number of rotatable bonds is 5. The normalized spacial score (nSPS) is 10.1. The second-order valence-electron chi connectivity index (χ2n) is 4.19. The Kier molecular flexibility index (Phi) is 4.90. The summed E-state index contributed by atoms with van der Waals surface area (Å²) in [6.45, 7) is -0.518. The molecule has 8 heteroatoms. The standard InChI is InChI=1S/C14H10ClFN2O4/c15-10-3-1-2-4-11(10)17-14(19)8-22-13-7-9(16)5-6-12(13)18(20)21/h1-7H,8H2,(H,17,19). The van der Waals surface area contributed by atoms with Gasteiger partial charge in [0, 0.05) is 12.1 Å². The van der Waals surface area contributed by atoms with E-state index in [9.17, 15) is 19.3 Å². The summed E-state index contributed by atoms with van der Waals surface area (Å²) < 4.78 is 18.1. The number of ether oxygens (including phenoxy) is 1. The molecular weight excluding hydrogens is 315 g/mol. The molecule has 0 saturated carbocycles. The Morgan fingerprint density at radius 2 is 2.05 bits per heavy atom. The number of amides is 1. The lowest BCUT2D eigenvalue weighted by Crippen LogP contribution is -2.20. The molecule has 0 aliphatic rings. The summed E-state index contributed by atoms with van der Waals surface area (Å²) in [6.07, 6.45) is 0. The number of nitrogens with one attached hydrogen (secondary N) is 1. The van der Waals surface area contributed by atoms with E-state index in [2.05, 4.69) is 5.32 Å². The number of nitro groups is 1. The molecule has 0 aliphatic carbocycles. The number of carbonyl (C=O) groups excluding carboxylic acids is 1. The third-order valence-corrected chi connectivity index (χ3v) is 2.95. The van der Waals surface area contributed by atoms with Gasteiger partial charge in [-0.2, -0.15) is 0 Å². The molecule has 1 amide bonds. The van der Waals surface area contributed by atoms with E-state index in [0.717, 1.165) is 18.2 Å². The molecule has 0 saturated heterocycles. The van der Waals surface area contributed by atoms with Crippen molar-refractivity contribution >= 4 is 28.9 Å². The van der Waals surface area contributed by atoms with Crippen LogP contribution in [0.4, 0.5) is 15.8 Å². The minimum absolute atomic E-state index is 0.320. The molecule has 0 aliphatic heterocycles. The third-order valence-electron chi connectivity index (χ3n) is 2.63. The summed E-state index contributed by atoms with van der Waals surface area (Å²) in [5.41, 5.74) is -0.0431. The van der Waals surface area contributed by atoms with E-state index >= 15 is 0 Å². The lowest BCUT2D eigenvalue weighted by atomic mass is 10.3. The van der Waals surface area contributed by atoms with Gasteiger partial charge in [0.1, 0.15) is 5.82 Å². The minimum Gasteiger partial charge on any atom is -0.477 e. The Labute approximate surface area is 129 Å². The molecule has 0 fully saturated rings. The van der Waals surface area contributed by atoms with Crippen LogP contribution in [0.1, 0.15) is 0 Å². The highest BCUT2D eigenvalue weighted by molar-refractivity contribution is 6.33. The molecular formula is C14H10ClFN2O4. The molecule has 2 aromatic rings. The molecule has 0 bridgehead atoms. The van der Waals surface area contributed by atoms with Crippen molar-refractivity contribution in [1.82, 2.24) is 0 Å². The van der Waals surface area contributed by atoms with E-state index in [1.807, 2.05) is 0 Å². The fraction of sp³-hybridized carbons (Fsp3) is 0.0714. The van der Waals surface area contributed by atoms with Crippen LogP contribution in [0, 0.1) is 15.9 Å². The number of para-hydroxylation sites is 1. The fourth-order valence-corrected chi connectivity index (χ4v) is 1.83. The van der Waals surface area contributed by atoms with Crippen LogP contribution in [-0.4, -0.2) is 17.4 Å². The molecule has 0 radical (unpaired) electrons. The summed E-state index contributed by atoms with van der Waals surface area (Å²) >= 11 is 5.88. The van der Waals surface area contributed by atoms with Crippen LogP contribution >= 0.6 is 11.6 Å². The van der Waals surface area contributed by atoms with Gasteiger partial charge in [0.2, 0.25) is 5.75 Å². The lowest BCUT2D eigenvalue weighted by molar-refractivity contribution is -0.385. The highest BCUT2D eigenvalue weighted by Gasteiger charge is 2.17. The number of hydrogen-bond donors (Lipinski definition) is 1. The van der Waals surface area contributed by atoms with E-state index in [0.29, 0.717) is 10.7 Å². The average Bonchev–Trinajstić information content (AvgIpc) is 2.47. The smallest absolute Gasteiger partial charge is 0.311 e. The molecule has 2 aromatic carbocycles. The van der Waals surface area contributed by atoms with Crippen LogP contribution in [0.5, 0.6) is 5.75 Å². The molecule has 0 atom stereocenters. The molecule has 0 aromatic heterocycles. The van der Waals surface area contributed by atoms with Crippen LogP contribution in [0.25, 0.3) is 0 Å².